The highest BCUT2D eigenvalue weighted by molar-refractivity contribution is 5.73. The summed E-state index contributed by atoms with van der Waals surface area (Å²) in [6.45, 7) is -1.29. The zero-order valence-corrected chi connectivity index (χ0v) is 16.9. The molecule has 5 unspecified atom stereocenters. The summed E-state index contributed by atoms with van der Waals surface area (Å²) in [6.07, 6.45) is -25.3. The second kappa shape index (κ2) is 10.7. The smallest absolute Gasteiger partial charge is 0.335 e. The lowest BCUT2D eigenvalue weighted by Gasteiger charge is -2.47. The molecule has 0 aliphatic carbocycles. The van der Waals surface area contributed by atoms with E-state index in [4.69, 9.17) is 23.7 Å². The minimum absolute atomic E-state index is 0.495. The molecule has 3 heterocycles. The molecule has 0 aromatic carbocycles. The molecule has 3 rings (SSSR count). The van der Waals surface area contributed by atoms with Crippen LogP contribution in [-0.2, 0) is 28.5 Å². The Bertz CT molecular complexity index is 663. The SMILES string of the molecule is O=C(O)C1O[C@@H](O)C(O[C@@H]2OC(CO)[C@H](O)[C@H](O)C2O)[C@@H](O[C@@H]2OC[C@H](O)[C@H](O)C2O)[C@H]1O. The molecule has 3 aliphatic rings. The molecule has 0 aromatic heterocycles. The van der Waals surface area contributed by atoms with E-state index in [0.29, 0.717) is 0 Å². The molecule has 0 aromatic rings. The Morgan fingerprint density at radius 3 is 1.97 bits per heavy atom. The molecule has 0 saturated carbocycles. The van der Waals surface area contributed by atoms with Crippen LogP contribution in [0, 0.1) is 0 Å². The van der Waals surface area contributed by atoms with Crippen LogP contribution in [0.15, 0.2) is 0 Å². The van der Waals surface area contributed by atoms with E-state index < -0.39 is 105 Å². The van der Waals surface area contributed by atoms with Gasteiger partial charge < -0.3 is 74.7 Å². The van der Waals surface area contributed by atoms with Gasteiger partial charge in [0.1, 0.15) is 61.0 Å². The molecule has 0 radical (unpaired) electrons. The quantitative estimate of drug-likeness (QED) is 0.166. The third-order valence-electron chi connectivity index (χ3n) is 5.67. The highest BCUT2D eigenvalue weighted by Crippen LogP contribution is 2.32. The van der Waals surface area contributed by atoms with Crippen LogP contribution in [0.1, 0.15) is 0 Å². The van der Waals surface area contributed by atoms with Gasteiger partial charge in [-0.1, -0.05) is 0 Å². The Morgan fingerprint density at radius 1 is 0.758 bits per heavy atom. The van der Waals surface area contributed by atoms with E-state index in [1.807, 2.05) is 0 Å². The molecule has 0 bridgehead atoms. The van der Waals surface area contributed by atoms with Crippen LogP contribution in [-0.4, -0.2) is 156 Å². The van der Waals surface area contributed by atoms with E-state index in [1.54, 1.807) is 0 Å². The van der Waals surface area contributed by atoms with Crippen molar-refractivity contribution in [2.24, 2.45) is 0 Å². The largest absolute Gasteiger partial charge is 0.479 e. The first-order valence-electron chi connectivity index (χ1n) is 9.99. The number of carboxylic acid groups (broad SMARTS) is 1. The molecule has 192 valence electrons. The van der Waals surface area contributed by atoms with Gasteiger partial charge in [-0.3, -0.25) is 0 Å². The number of aliphatic hydroxyl groups excluding tert-OH is 9. The fraction of sp³-hybridized carbons (Fsp3) is 0.941. The van der Waals surface area contributed by atoms with Crippen LogP contribution in [0.2, 0.25) is 0 Å². The fourth-order valence-corrected chi connectivity index (χ4v) is 3.73. The number of aliphatic hydroxyl groups is 9. The second-order valence-electron chi connectivity index (χ2n) is 7.93. The lowest BCUT2D eigenvalue weighted by molar-refractivity contribution is -0.379. The van der Waals surface area contributed by atoms with E-state index in [2.05, 4.69) is 0 Å². The van der Waals surface area contributed by atoms with Gasteiger partial charge in [0.15, 0.2) is 25.0 Å². The van der Waals surface area contributed by atoms with Gasteiger partial charge in [-0.25, -0.2) is 4.79 Å². The van der Waals surface area contributed by atoms with Crippen molar-refractivity contribution in [1.82, 2.24) is 0 Å². The summed E-state index contributed by atoms with van der Waals surface area (Å²) in [6, 6.07) is 0. The van der Waals surface area contributed by atoms with Gasteiger partial charge in [-0.15, -0.1) is 0 Å². The monoisotopic (exact) mass is 488 g/mol. The van der Waals surface area contributed by atoms with Gasteiger partial charge in [0.2, 0.25) is 0 Å². The zero-order chi connectivity index (χ0) is 24.6. The average Bonchev–Trinajstić information content (AvgIpc) is 2.77. The number of hydrogen-bond donors (Lipinski definition) is 10. The summed E-state index contributed by atoms with van der Waals surface area (Å²) >= 11 is 0. The molecule has 33 heavy (non-hydrogen) atoms. The van der Waals surface area contributed by atoms with E-state index in [-0.39, 0.29) is 0 Å². The minimum atomic E-state index is -2.12. The minimum Gasteiger partial charge on any atom is -0.479 e. The lowest BCUT2D eigenvalue weighted by Crippen LogP contribution is -2.66. The van der Waals surface area contributed by atoms with Gasteiger partial charge in [0, 0.05) is 0 Å². The first-order valence-corrected chi connectivity index (χ1v) is 9.99. The van der Waals surface area contributed by atoms with Crippen LogP contribution >= 0.6 is 0 Å². The van der Waals surface area contributed by atoms with Gasteiger partial charge in [0.25, 0.3) is 0 Å². The summed E-state index contributed by atoms with van der Waals surface area (Å²) in [5.74, 6) is -1.69. The third kappa shape index (κ3) is 5.29. The molecule has 3 aliphatic heterocycles. The zero-order valence-electron chi connectivity index (χ0n) is 16.9. The van der Waals surface area contributed by atoms with Gasteiger partial charge >= 0.3 is 5.97 Å². The Labute approximate surface area is 185 Å². The Morgan fingerprint density at radius 2 is 1.36 bits per heavy atom. The standard InChI is InChI=1S/C17H28O16/c18-1-4-6(21)7(22)9(24)17(30-4)33-13-11(10(25)12(14(26)27)31-15(13)28)32-16-8(23)5(20)3(19)2-29-16/h3-13,15-25,28H,1-2H2,(H,26,27)/t3-,4?,5-,6-,7-,8?,9?,10+,11-,12?,13?,15+,16-,17-/m0/s1. The molecular weight excluding hydrogens is 460 g/mol. The van der Waals surface area contributed by atoms with Gasteiger partial charge in [-0.2, -0.15) is 0 Å². The highest BCUT2D eigenvalue weighted by atomic mass is 16.8. The number of aliphatic carboxylic acids is 1. The maximum Gasteiger partial charge on any atom is 0.335 e. The number of ether oxygens (including phenoxy) is 5. The summed E-state index contributed by atoms with van der Waals surface area (Å²) in [5, 5.41) is 98.8. The van der Waals surface area contributed by atoms with Crippen LogP contribution in [0.4, 0.5) is 0 Å². The molecule has 0 spiro atoms. The van der Waals surface area contributed by atoms with Crippen molar-refractivity contribution < 1.29 is 79.5 Å². The molecule has 0 amide bonds. The van der Waals surface area contributed by atoms with Gasteiger partial charge in [-0.05, 0) is 0 Å². The van der Waals surface area contributed by atoms with Crippen molar-refractivity contribution >= 4 is 5.97 Å². The van der Waals surface area contributed by atoms with Crippen molar-refractivity contribution in [1.29, 1.82) is 0 Å². The van der Waals surface area contributed by atoms with Crippen LogP contribution in [0.3, 0.4) is 0 Å². The summed E-state index contributed by atoms with van der Waals surface area (Å²) in [5.41, 5.74) is 0. The van der Waals surface area contributed by atoms with Crippen LogP contribution in [0.25, 0.3) is 0 Å². The van der Waals surface area contributed by atoms with Crippen molar-refractivity contribution in [3.8, 4) is 0 Å². The normalized spacial score (nSPS) is 51.3. The van der Waals surface area contributed by atoms with E-state index in [0.717, 1.165) is 0 Å². The predicted molar refractivity (Wildman–Crippen MR) is 95.8 cm³/mol. The van der Waals surface area contributed by atoms with E-state index in [1.165, 1.54) is 0 Å². The molecule has 16 heteroatoms. The summed E-state index contributed by atoms with van der Waals surface area (Å²) in [4.78, 5) is 11.4. The number of carboxylic acids is 1. The summed E-state index contributed by atoms with van der Waals surface area (Å²) < 4.78 is 25.9. The average molecular weight is 488 g/mol. The van der Waals surface area contributed by atoms with Crippen molar-refractivity contribution in [3.05, 3.63) is 0 Å². The van der Waals surface area contributed by atoms with Gasteiger partial charge in [0.05, 0.1) is 13.2 Å². The Hall–Kier alpha value is -1.09. The van der Waals surface area contributed by atoms with Crippen molar-refractivity contribution in [2.75, 3.05) is 13.2 Å². The van der Waals surface area contributed by atoms with Crippen molar-refractivity contribution in [2.45, 2.75) is 86.0 Å². The van der Waals surface area contributed by atoms with E-state index >= 15 is 0 Å². The Kier molecular flexibility index (Phi) is 8.57. The number of rotatable bonds is 6. The predicted octanol–water partition coefficient (Wildman–Crippen LogP) is -6.84. The maximum absolute atomic E-state index is 11.4. The molecule has 16 nitrogen and oxygen atoms in total. The Balaban J connectivity index is 1.83. The fourth-order valence-electron chi connectivity index (χ4n) is 3.73. The first-order chi connectivity index (χ1) is 15.5. The topological polar surface area (TPSA) is 266 Å². The molecule has 14 atom stereocenters. The number of carbonyl (C=O) groups is 1. The van der Waals surface area contributed by atoms with Crippen LogP contribution < -0.4 is 0 Å². The molecular formula is C17H28O16. The highest BCUT2D eigenvalue weighted by Gasteiger charge is 2.54. The lowest BCUT2D eigenvalue weighted by atomic mass is 9.96. The molecule has 3 fully saturated rings. The van der Waals surface area contributed by atoms with E-state index in [9.17, 15) is 55.9 Å². The third-order valence-corrected chi connectivity index (χ3v) is 5.67. The maximum atomic E-state index is 11.4. The molecule has 10 N–H and O–H groups in total. The number of hydrogen-bond acceptors (Lipinski definition) is 15. The first kappa shape index (κ1) is 26.5. The summed E-state index contributed by atoms with van der Waals surface area (Å²) in [7, 11) is 0. The van der Waals surface area contributed by atoms with Crippen LogP contribution in [0.5, 0.6) is 0 Å². The second-order valence-corrected chi connectivity index (χ2v) is 7.93. The van der Waals surface area contributed by atoms with Crippen molar-refractivity contribution in [3.63, 3.8) is 0 Å². The molecule has 3 saturated heterocycles.